The van der Waals surface area contributed by atoms with Gasteiger partial charge >= 0.3 is 0 Å². The normalized spacial score (nSPS) is 13.7. The van der Waals surface area contributed by atoms with E-state index in [-0.39, 0.29) is 36.9 Å². The Labute approximate surface area is 195 Å². The van der Waals surface area contributed by atoms with Crippen LogP contribution < -0.4 is 15.4 Å². The second kappa shape index (κ2) is 12.6. The molecule has 0 heterocycles. The SMILES string of the molecule is COc1ccc(NC(=O)CNC(=O)CN(C(=O)CCc2ccccc2)C2CCCCC2)cc1. The van der Waals surface area contributed by atoms with Crippen molar-refractivity contribution in [3.63, 3.8) is 0 Å². The van der Waals surface area contributed by atoms with Crippen molar-refractivity contribution in [3.8, 4) is 5.75 Å². The van der Waals surface area contributed by atoms with Crippen LogP contribution in [0.5, 0.6) is 5.75 Å². The quantitative estimate of drug-likeness (QED) is 0.578. The Morgan fingerprint density at radius 1 is 0.939 bits per heavy atom. The van der Waals surface area contributed by atoms with Crippen molar-refractivity contribution in [1.82, 2.24) is 10.2 Å². The van der Waals surface area contributed by atoms with E-state index in [0.717, 1.165) is 31.2 Å². The Morgan fingerprint density at radius 3 is 2.30 bits per heavy atom. The van der Waals surface area contributed by atoms with E-state index in [1.807, 2.05) is 30.3 Å². The van der Waals surface area contributed by atoms with E-state index < -0.39 is 0 Å². The molecule has 0 radical (unpaired) electrons. The van der Waals surface area contributed by atoms with Gasteiger partial charge in [-0.3, -0.25) is 14.4 Å². The maximum absolute atomic E-state index is 13.0. The molecule has 1 aliphatic rings. The Kier molecular flexibility index (Phi) is 9.30. The lowest BCUT2D eigenvalue weighted by Crippen LogP contribution is -2.48. The molecule has 0 saturated heterocycles. The lowest BCUT2D eigenvalue weighted by Gasteiger charge is -2.34. The molecule has 2 aromatic carbocycles. The fourth-order valence-electron chi connectivity index (χ4n) is 4.12. The predicted octanol–water partition coefficient (Wildman–Crippen LogP) is 3.54. The molecule has 1 aliphatic carbocycles. The number of anilines is 1. The average molecular weight is 452 g/mol. The number of nitrogens with one attached hydrogen (secondary N) is 2. The number of benzene rings is 2. The van der Waals surface area contributed by atoms with E-state index in [0.29, 0.717) is 24.3 Å². The van der Waals surface area contributed by atoms with Crippen molar-refractivity contribution in [2.45, 2.75) is 51.0 Å². The number of aryl methyl sites for hydroxylation is 1. The predicted molar refractivity (Wildman–Crippen MR) is 128 cm³/mol. The van der Waals surface area contributed by atoms with Gasteiger partial charge in [0.1, 0.15) is 5.75 Å². The van der Waals surface area contributed by atoms with E-state index in [1.165, 1.54) is 6.42 Å². The number of carbonyl (C=O) groups excluding carboxylic acids is 3. The third kappa shape index (κ3) is 7.93. The zero-order valence-electron chi connectivity index (χ0n) is 19.2. The van der Waals surface area contributed by atoms with Crippen LogP contribution >= 0.6 is 0 Å². The third-order valence-corrected chi connectivity index (χ3v) is 5.94. The molecule has 0 aliphatic heterocycles. The molecule has 7 nitrogen and oxygen atoms in total. The summed E-state index contributed by atoms with van der Waals surface area (Å²) in [6, 6.07) is 16.9. The highest BCUT2D eigenvalue weighted by molar-refractivity contribution is 5.95. The number of rotatable bonds is 10. The monoisotopic (exact) mass is 451 g/mol. The number of hydrogen-bond donors (Lipinski definition) is 2. The molecule has 0 atom stereocenters. The number of ether oxygens (including phenoxy) is 1. The van der Waals surface area contributed by atoms with E-state index in [2.05, 4.69) is 10.6 Å². The van der Waals surface area contributed by atoms with Gasteiger partial charge in [0.25, 0.3) is 0 Å². The molecule has 0 spiro atoms. The van der Waals surface area contributed by atoms with Crippen LogP contribution in [-0.2, 0) is 20.8 Å². The number of methoxy groups -OCH3 is 1. The molecule has 0 bridgehead atoms. The topological polar surface area (TPSA) is 87.7 Å². The minimum atomic E-state index is -0.326. The molecule has 0 aromatic heterocycles. The zero-order valence-corrected chi connectivity index (χ0v) is 19.2. The molecule has 2 aromatic rings. The molecule has 3 amide bonds. The summed E-state index contributed by atoms with van der Waals surface area (Å²) in [6.07, 6.45) is 6.16. The standard InChI is InChI=1S/C26H33N3O4/c1-33-23-15-13-21(14-16-23)28-24(30)18-27-25(31)19-29(22-10-6-3-7-11-22)26(32)17-12-20-8-4-2-5-9-20/h2,4-5,8-9,13-16,22H,3,6-7,10-12,17-19H2,1H3,(H,27,31)(H,28,30). The molecule has 176 valence electrons. The maximum atomic E-state index is 13.0. The van der Waals surface area contributed by atoms with Crippen LogP contribution in [-0.4, -0.2) is 48.9 Å². The summed E-state index contributed by atoms with van der Waals surface area (Å²) >= 11 is 0. The molecule has 1 fully saturated rings. The van der Waals surface area contributed by atoms with Gasteiger partial charge in [-0.25, -0.2) is 0 Å². The van der Waals surface area contributed by atoms with E-state index in [4.69, 9.17) is 4.74 Å². The zero-order chi connectivity index (χ0) is 23.5. The van der Waals surface area contributed by atoms with Gasteiger partial charge in [0.2, 0.25) is 17.7 Å². The van der Waals surface area contributed by atoms with Gasteiger partial charge < -0.3 is 20.3 Å². The Bertz CT molecular complexity index is 909. The smallest absolute Gasteiger partial charge is 0.243 e. The van der Waals surface area contributed by atoms with Crippen molar-refractivity contribution < 1.29 is 19.1 Å². The first-order valence-electron chi connectivity index (χ1n) is 11.6. The van der Waals surface area contributed by atoms with Gasteiger partial charge in [0.05, 0.1) is 20.2 Å². The first-order valence-corrected chi connectivity index (χ1v) is 11.6. The van der Waals surface area contributed by atoms with Crippen LogP contribution in [0.25, 0.3) is 0 Å². The van der Waals surface area contributed by atoms with Gasteiger partial charge in [-0.2, -0.15) is 0 Å². The van der Waals surface area contributed by atoms with Crippen molar-refractivity contribution in [2.24, 2.45) is 0 Å². The van der Waals surface area contributed by atoms with Crippen LogP contribution in [0.4, 0.5) is 5.69 Å². The maximum Gasteiger partial charge on any atom is 0.243 e. The number of nitrogens with zero attached hydrogens (tertiary/aromatic N) is 1. The van der Waals surface area contributed by atoms with Crippen LogP contribution in [0.3, 0.4) is 0 Å². The summed E-state index contributed by atoms with van der Waals surface area (Å²) in [7, 11) is 1.58. The fraction of sp³-hybridized carbons (Fsp3) is 0.423. The number of amides is 3. The van der Waals surface area contributed by atoms with Gasteiger partial charge in [-0.05, 0) is 49.1 Å². The molecule has 2 N–H and O–H groups in total. The van der Waals surface area contributed by atoms with Gasteiger partial charge in [-0.15, -0.1) is 0 Å². The molecular weight excluding hydrogens is 418 g/mol. The van der Waals surface area contributed by atoms with Crippen molar-refractivity contribution in [2.75, 3.05) is 25.5 Å². The Morgan fingerprint density at radius 2 is 1.64 bits per heavy atom. The second-order valence-corrected chi connectivity index (χ2v) is 8.35. The first-order chi connectivity index (χ1) is 16.0. The van der Waals surface area contributed by atoms with Gasteiger partial charge in [0.15, 0.2) is 0 Å². The molecule has 33 heavy (non-hydrogen) atoms. The fourth-order valence-corrected chi connectivity index (χ4v) is 4.12. The third-order valence-electron chi connectivity index (χ3n) is 5.94. The van der Waals surface area contributed by atoms with Crippen molar-refractivity contribution in [1.29, 1.82) is 0 Å². The van der Waals surface area contributed by atoms with Crippen molar-refractivity contribution in [3.05, 3.63) is 60.2 Å². The summed E-state index contributed by atoms with van der Waals surface area (Å²) in [5.74, 6) is 0.0382. The highest BCUT2D eigenvalue weighted by Gasteiger charge is 2.27. The summed E-state index contributed by atoms with van der Waals surface area (Å²) in [5, 5.41) is 5.39. The molecule has 1 saturated carbocycles. The lowest BCUT2D eigenvalue weighted by molar-refractivity contribution is -0.139. The number of hydrogen-bond acceptors (Lipinski definition) is 4. The highest BCUT2D eigenvalue weighted by atomic mass is 16.5. The van der Waals surface area contributed by atoms with Gasteiger partial charge in [0, 0.05) is 18.2 Å². The molecule has 7 heteroatoms. The molecular formula is C26H33N3O4. The largest absolute Gasteiger partial charge is 0.497 e. The van der Waals surface area contributed by atoms with E-state index in [1.54, 1.807) is 36.3 Å². The summed E-state index contributed by atoms with van der Waals surface area (Å²) in [4.78, 5) is 39.6. The highest BCUT2D eigenvalue weighted by Crippen LogP contribution is 2.23. The molecule has 0 unspecified atom stereocenters. The van der Waals surface area contributed by atoms with Crippen LogP contribution in [0.15, 0.2) is 54.6 Å². The van der Waals surface area contributed by atoms with Crippen LogP contribution in [0, 0.1) is 0 Å². The Balaban J connectivity index is 1.51. The summed E-state index contributed by atoms with van der Waals surface area (Å²) < 4.78 is 5.10. The Hall–Kier alpha value is -3.35. The minimum Gasteiger partial charge on any atom is -0.497 e. The number of carbonyl (C=O) groups is 3. The molecule has 3 rings (SSSR count). The van der Waals surface area contributed by atoms with E-state index in [9.17, 15) is 14.4 Å². The first kappa shape index (κ1) is 24.3. The summed E-state index contributed by atoms with van der Waals surface area (Å²) in [5.41, 5.74) is 1.73. The van der Waals surface area contributed by atoms with Crippen LogP contribution in [0.1, 0.15) is 44.1 Å². The van der Waals surface area contributed by atoms with Gasteiger partial charge in [-0.1, -0.05) is 49.6 Å². The average Bonchev–Trinajstić information content (AvgIpc) is 2.86. The van der Waals surface area contributed by atoms with E-state index >= 15 is 0 Å². The minimum absolute atomic E-state index is 0.0106. The van der Waals surface area contributed by atoms with Crippen molar-refractivity contribution >= 4 is 23.4 Å². The summed E-state index contributed by atoms with van der Waals surface area (Å²) in [6.45, 7) is -0.171. The second-order valence-electron chi connectivity index (χ2n) is 8.35. The lowest BCUT2D eigenvalue weighted by atomic mass is 9.93. The van der Waals surface area contributed by atoms with Crippen LogP contribution in [0.2, 0.25) is 0 Å².